The first-order valence-corrected chi connectivity index (χ1v) is 2.48. The molecule has 42 valence electrons. The Kier molecular flexibility index (Phi) is 0.588. The molecule has 1 aliphatic rings. The third-order valence-corrected chi connectivity index (χ3v) is 1.07. The van der Waals surface area contributed by atoms with Crippen LogP contribution in [-0.2, 0) is 0 Å². The molecule has 0 amide bonds. The quantitative estimate of drug-likeness (QED) is 0.474. The second-order valence-corrected chi connectivity index (χ2v) is 1.71. The predicted molar refractivity (Wildman–Crippen MR) is 26.5 cm³/mol. The maximum Gasteiger partial charge on any atom is 0.318 e. The molecule has 0 unspecified atom stereocenters. The van der Waals surface area contributed by atoms with Gasteiger partial charge < -0.3 is 9.32 Å². The van der Waals surface area contributed by atoms with Crippen molar-refractivity contribution in [3.63, 3.8) is 0 Å². The lowest BCUT2D eigenvalue weighted by atomic mass is 11.0. The molecule has 1 saturated heterocycles. The van der Waals surface area contributed by atoms with Crippen LogP contribution in [0.15, 0.2) is 10.8 Å². The largest absolute Gasteiger partial charge is 0.411 e. The van der Waals surface area contributed by atoms with Crippen LogP contribution in [0.3, 0.4) is 0 Å². The van der Waals surface area contributed by atoms with Crippen molar-refractivity contribution < 1.29 is 4.42 Å². The van der Waals surface area contributed by atoms with Crippen LogP contribution in [0.25, 0.3) is 0 Å². The molecular formula is C4H5N3O. The standard InChI is InChI=1S/C4H5N3O/c1-2-7(1)4-6-5-3-8-4/h3H,1-2H2. The van der Waals surface area contributed by atoms with Gasteiger partial charge >= 0.3 is 6.01 Å². The van der Waals surface area contributed by atoms with Gasteiger partial charge in [-0.15, -0.1) is 5.10 Å². The molecule has 1 fully saturated rings. The average Bonchev–Trinajstić information content (AvgIpc) is 2.49. The van der Waals surface area contributed by atoms with Crippen molar-refractivity contribution in [1.29, 1.82) is 0 Å². The number of nitrogens with zero attached hydrogens (tertiary/aromatic N) is 3. The molecule has 0 saturated carbocycles. The maximum absolute atomic E-state index is 4.86. The first-order valence-electron chi connectivity index (χ1n) is 2.48. The Balaban J connectivity index is 2.28. The molecule has 4 nitrogen and oxygen atoms in total. The zero-order valence-corrected chi connectivity index (χ0v) is 4.24. The minimum atomic E-state index is 0.644. The van der Waals surface area contributed by atoms with Gasteiger partial charge in [0.1, 0.15) is 0 Å². The predicted octanol–water partition coefficient (Wildman–Crippen LogP) is -0.110. The minimum absolute atomic E-state index is 0.644. The molecule has 4 heteroatoms. The molecule has 0 bridgehead atoms. The summed E-state index contributed by atoms with van der Waals surface area (Å²) in [5.41, 5.74) is 0. The van der Waals surface area contributed by atoms with Crippen molar-refractivity contribution in [3.8, 4) is 0 Å². The van der Waals surface area contributed by atoms with Gasteiger partial charge in [0.05, 0.1) is 0 Å². The molecule has 0 atom stereocenters. The Bertz CT molecular complexity index is 167. The van der Waals surface area contributed by atoms with Crippen LogP contribution in [0.4, 0.5) is 6.01 Å². The lowest BCUT2D eigenvalue weighted by Crippen LogP contribution is -1.89. The molecule has 8 heavy (non-hydrogen) atoms. The van der Waals surface area contributed by atoms with Gasteiger partial charge in [0.25, 0.3) is 0 Å². The first kappa shape index (κ1) is 3.88. The summed E-state index contributed by atoms with van der Waals surface area (Å²) >= 11 is 0. The summed E-state index contributed by atoms with van der Waals surface area (Å²) in [6.07, 6.45) is 1.34. The number of rotatable bonds is 1. The van der Waals surface area contributed by atoms with E-state index in [1.165, 1.54) is 6.39 Å². The van der Waals surface area contributed by atoms with Gasteiger partial charge in [0.15, 0.2) is 0 Å². The van der Waals surface area contributed by atoms with Crippen LogP contribution in [0.1, 0.15) is 0 Å². The Morgan fingerprint density at radius 1 is 1.62 bits per heavy atom. The second-order valence-electron chi connectivity index (χ2n) is 1.71. The Morgan fingerprint density at radius 3 is 3.00 bits per heavy atom. The monoisotopic (exact) mass is 111 g/mol. The minimum Gasteiger partial charge on any atom is -0.411 e. The molecular weight excluding hydrogens is 106 g/mol. The number of aromatic nitrogens is 2. The molecule has 1 aliphatic heterocycles. The average molecular weight is 111 g/mol. The van der Waals surface area contributed by atoms with E-state index in [4.69, 9.17) is 4.42 Å². The molecule has 2 rings (SSSR count). The summed E-state index contributed by atoms with van der Waals surface area (Å²) in [4.78, 5) is 1.99. The summed E-state index contributed by atoms with van der Waals surface area (Å²) in [7, 11) is 0. The summed E-state index contributed by atoms with van der Waals surface area (Å²) in [6, 6.07) is 0.644. The van der Waals surface area contributed by atoms with Crippen LogP contribution in [0, 0.1) is 0 Å². The third-order valence-electron chi connectivity index (χ3n) is 1.07. The summed E-state index contributed by atoms with van der Waals surface area (Å²) in [5.74, 6) is 0. The zero-order chi connectivity index (χ0) is 5.40. The highest BCUT2D eigenvalue weighted by atomic mass is 16.4. The van der Waals surface area contributed by atoms with E-state index in [0.717, 1.165) is 13.1 Å². The molecule has 0 aliphatic carbocycles. The van der Waals surface area contributed by atoms with Crippen LogP contribution in [0.5, 0.6) is 0 Å². The van der Waals surface area contributed by atoms with E-state index in [0.29, 0.717) is 6.01 Å². The van der Waals surface area contributed by atoms with Gasteiger partial charge in [-0.2, -0.15) is 0 Å². The van der Waals surface area contributed by atoms with Crippen molar-refractivity contribution in [2.24, 2.45) is 0 Å². The van der Waals surface area contributed by atoms with Gasteiger partial charge in [0.2, 0.25) is 6.39 Å². The Morgan fingerprint density at radius 2 is 2.50 bits per heavy atom. The van der Waals surface area contributed by atoms with E-state index < -0.39 is 0 Å². The second kappa shape index (κ2) is 1.21. The van der Waals surface area contributed by atoms with E-state index >= 15 is 0 Å². The summed E-state index contributed by atoms with van der Waals surface area (Å²) in [5, 5.41) is 7.21. The number of hydrogen-bond donors (Lipinski definition) is 0. The zero-order valence-electron chi connectivity index (χ0n) is 4.24. The molecule has 0 aromatic carbocycles. The third kappa shape index (κ3) is 0.458. The van der Waals surface area contributed by atoms with Gasteiger partial charge in [-0.1, -0.05) is 5.10 Å². The van der Waals surface area contributed by atoms with Crippen molar-refractivity contribution in [3.05, 3.63) is 6.39 Å². The number of anilines is 1. The van der Waals surface area contributed by atoms with E-state index in [-0.39, 0.29) is 0 Å². The van der Waals surface area contributed by atoms with E-state index in [9.17, 15) is 0 Å². The highest BCUT2D eigenvalue weighted by molar-refractivity contribution is 5.31. The molecule has 2 heterocycles. The van der Waals surface area contributed by atoms with Crippen LogP contribution in [0.2, 0.25) is 0 Å². The van der Waals surface area contributed by atoms with E-state index in [1.807, 2.05) is 4.90 Å². The van der Waals surface area contributed by atoms with Gasteiger partial charge in [-0.25, -0.2) is 0 Å². The normalized spacial score (nSPS) is 16.8. The highest BCUT2D eigenvalue weighted by Crippen LogP contribution is 2.15. The molecule has 1 aromatic heterocycles. The van der Waals surface area contributed by atoms with E-state index in [1.54, 1.807) is 0 Å². The lowest BCUT2D eigenvalue weighted by Gasteiger charge is -1.86. The lowest BCUT2D eigenvalue weighted by molar-refractivity contribution is 0.561. The fourth-order valence-electron chi connectivity index (χ4n) is 0.546. The topological polar surface area (TPSA) is 41.9 Å². The van der Waals surface area contributed by atoms with Gasteiger partial charge in [-0.05, 0) is 0 Å². The SMILES string of the molecule is c1nnc(N2CC2)o1. The smallest absolute Gasteiger partial charge is 0.318 e. The fourth-order valence-corrected chi connectivity index (χ4v) is 0.546. The van der Waals surface area contributed by atoms with Crippen molar-refractivity contribution in [2.45, 2.75) is 0 Å². The highest BCUT2D eigenvalue weighted by Gasteiger charge is 2.21. The van der Waals surface area contributed by atoms with Crippen molar-refractivity contribution in [1.82, 2.24) is 10.2 Å². The van der Waals surface area contributed by atoms with Crippen molar-refractivity contribution in [2.75, 3.05) is 18.0 Å². The maximum atomic E-state index is 4.86. The fraction of sp³-hybridized carbons (Fsp3) is 0.500. The van der Waals surface area contributed by atoms with Gasteiger partial charge in [-0.3, -0.25) is 0 Å². The van der Waals surface area contributed by atoms with E-state index in [2.05, 4.69) is 10.2 Å². The van der Waals surface area contributed by atoms with Crippen LogP contribution in [-0.4, -0.2) is 23.3 Å². The van der Waals surface area contributed by atoms with Crippen molar-refractivity contribution >= 4 is 6.01 Å². The molecule has 0 N–H and O–H groups in total. The Hall–Kier alpha value is -1.06. The van der Waals surface area contributed by atoms with Crippen LogP contribution >= 0.6 is 0 Å². The van der Waals surface area contributed by atoms with Crippen LogP contribution < -0.4 is 4.90 Å². The first-order chi connectivity index (χ1) is 3.97. The molecule has 0 spiro atoms. The molecule has 0 radical (unpaired) electrons. The summed E-state index contributed by atoms with van der Waals surface area (Å²) < 4.78 is 4.86. The summed E-state index contributed by atoms with van der Waals surface area (Å²) in [6.45, 7) is 2.12. The Labute approximate surface area is 46.1 Å². The number of hydrogen-bond acceptors (Lipinski definition) is 4. The molecule has 1 aromatic rings. The van der Waals surface area contributed by atoms with Gasteiger partial charge in [0, 0.05) is 13.1 Å².